The number of fused-ring (bicyclic) bond motifs is 3. The number of nitrogens with one attached hydrogen (secondary N) is 2. The third-order valence-corrected chi connectivity index (χ3v) is 3.70. The molecular formula is C14H17N3O2. The van der Waals surface area contributed by atoms with Crippen molar-refractivity contribution in [1.29, 1.82) is 0 Å². The minimum absolute atomic E-state index is 0.0479. The molecule has 0 bridgehead atoms. The first kappa shape index (κ1) is 12.2. The maximum Gasteiger partial charge on any atom is 0.248 e. The molecule has 5 heteroatoms. The number of benzene rings is 1. The Morgan fingerprint density at radius 2 is 2.11 bits per heavy atom. The van der Waals surface area contributed by atoms with E-state index in [0.29, 0.717) is 12.5 Å². The highest BCUT2D eigenvalue weighted by atomic mass is 16.2. The Balaban J connectivity index is 2.10. The molecule has 100 valence electrons. The molecule has 1 saturated heterocycles. The summed E-state index contributed by atoms with van der Waals surface area (Å²) in [5.74, 6) is 0.220. The summed E-state index contributed by atoms with van der Waals surface area (Å²) in [5, 5.41) is 5.85. The molecule has 1 aromatic rings. The SMILES string of the molecule is CC(C)c1ccc2c(c1)N1C(=O)CNCC1C(=O)N2. The highest BCUT2D eigenvalue weighted by Gasteiger charge is 2.39. The zero-order valence-corrected chi connectivity index (χ0v) is 11.1. The van der Waals surface area contributed by atoms with E-state index in [1.54, 1.807) is 4.90 Å². The highest BCUT2D eigenvalue weighted by molar-refractivity contribution is 6.13. The number of amides is 2. The third-order valence-electron chi connectivity index (χ3n) is 3.70. The van der Waals surface area contributed by atoms with Gasteiger partial charge in [-0.3, -0.25) is 14.5 Å². The summed E-state index contributed by atoms with van der Waals surface area (Å²) < 4.78 is 0. The van der Waals surface area contributed by atoms with Gasteiger partial charge in [0.05, 0.1) is 17.9 Å². The lowest BCUT2D eigenvalue weighted by Crippen LogP contribution is -2.61. The van der Waals surface area contributed by atoms with Gasteiger partial charge in [0.2, 0.25) is 11.8 Å². The van der Waals surface area contributed by atoms with Gasteiger partial charge < -0.3 is 10.6 Å². The molecule has 2 aliphatic rings. The van der Waals surface area contributed by atoms with Crippen LogP contribution in [0.4, 0.5) is 11.4 Å². The van der Waals surface area contributed by atoms with Crippen LogP contribution >= 0.6 is 0 Å². The van der Waals surface area contributed by atoms with Crippen LogP contribution in [0.25, 0.3) is 0 Å². The number of rotatable bonds is 1. The van der Waals surface area contributed by atoms with Crippen LogP contribution in [0.2, 0.25) is 0 Å². The summed E-state index contributed by atoms with van der Waals surface area (Å²) in [6, 6.07) is 5.46. The molecule has 0 aliphatic carbocycles. The van der Waals surface area contributed by atoms with Gasteiger partial charge in [0.25, 0.3) is 0 Å². The van der Waals surface area contributed by atoms with Crippen LogP contribution in [-0.4, -0.2) is 30.9 Å². The fourth-order valence-electron chi connectivity index (χ4n) is 2.61. The van der Waals surface area contributed by atoms with Gasteiger partial charge in [0, 0.05) is 6.54 Å². The number of hydrogen-bond donors (Lipinski definition) is 2. The van der Waals surface area contributed by atoms with Crippen molar-refractivity contribution in [1.82, 2.24) is 5.32 Å². The quantitative estimate of drug-likeness (QED) is 0.793. The van der Waals surface area contributed by atoms with Crippen molar-refractivity contribution in [2.24, 2.45) is 0 Å². The van der Waals surface area contributed by atoms with E-state index in [1.165, 1.54) is 5.56 Å². The second-order valence-corrected chi connectivity index (χ2v) is 5.33. The minimum atomic E-state index is -0.434. The summed E-state index contributed by atoms with van der Waals surface area (Å²) in [7, 11) is 0. The fraction of sp³-hybridized carbons (Fsp3) is 0.429. The first-order valence-electron chi connectivity index (χ1n) is 6.55. The molecule has 1 atom stereocenters. The smallest absolute Gasteiger partial charge is 0.248 e. The first-order valence-corrected chi connectivity index (χ1v) is 6.55. The van der Waals surface area contributed by atoms with Crippen LogP contribution in [0.15, 0.2) is 18.2 Å². The van der Waals surface area contributed by atoms with E-state index in [1.807, 2.05) is 18.2 Å². The highest BCUT2D eigenvalue weighted by Crippen LogP contribution is 2.35. The van der Waals surface area contributed by atoms with Crippen LogP contribution in [0.5, 0.6) is 0 Å². The lowest BCUT2D eigenvalue weighted by Gasteiger charge is -2.39. The Kier molecular flexibility index (Phi) is 2.78. The van der Waals surface area contributed by atoms with Crippen molar-refractivity contribution < 1.29 is 9.59 Å². The summed E-state index contributed by atoms with van der Waals surface area (Å²) in [4.78, 5) is 25.7. The van der Waals surface area contributed by atoms with E-state index in [0.717, 1.165) is 11.4 Å². The average molecular weight is 259 g/mol. The van der Waals surface area contributed by atoms with Crippen molar-refractivity contribution in [2.75, 3.05) is 23.3 Å². The Labute approximate surface area is 112 Å². The number of hydrogen-bond acceptors (Lipinski definition) is 3. The number of carbonyl (C=O) groups excluding carboxylic acids is 2. The molecule has 2 aliphatic heterocycles. The standard InChI is InChI=1S/C14H17N3O2/c1-8(2)9-3-4-10-11(5-9)17-12(14(19)16-10)6-15-7-13(17)18/h3-5,8,12,15H,6-7H2,1-2H3,(H,16,19). The maximum atomic E-state index is 12.1. The van der Waals surface area contributed by atoms with E-state index < -0.39 is 6.04 Å². The Bertz CT molecular complexity index is 554. The van der Waals surface area contributed by atoms with Crippen molar-refractivity contribution in [3.63, 3.8) is 0 Å². The molecule has 1 fully saturated rings. The lowest BCUT2D eigenvalue weighted by molar-refractivity contribution is -0.124. The van der Waals surface area contributed by atoms with Crippen LogP contribution in [-0.2, 0) is 9.59 Å². The molecule has 1 unspecified atom stereocenters. The molecule has 0 spiro atoms. The number of piperazine rings is 1. The van der Waals surface area contributed by atoms with Crippen LogP contribution in [0.1, 0.15) is 25.3 Å². The van der Waals surface area contributed by atoms with Gasteiger partial charge in [-0.2, -0.15) is 0 Å². The molecule has 5 nitrogen and oxygen atoms in total. The van der Waals surface area contributed by atoms with Gasteiger partial charge in [-0.05, 0) is 23.6 Å². The molecule has 1 aromatic carbocycles. The monoisotopic (exact) mass is 259 g/mol. The summed E-state index contributed by atoms with van der Waals surface area (Å²) in [6.07, 6.45) is 0. The van der Waals surface area contributed by atoms with Gasteiger partial charge in [-0.15, -0.1) is 0 Å². The van der Waals surface area contributed by atoms with Crippen LogP contribution in [0, 0.1) is 0 Å². The number of nitrogens with zero attached hydrogens (tertiary/aromatic N) is 1. The van der Waals surface area contributed by atoms with E-state index >= 15 is 0 Å². The minimum Gasteiger partial charge on any atom is -0.322 e. The summed E-state index contributed by atoms with van der Waals surface area (Å²) in [5.41, 5.74) is 2.71. The van der Waals surface area contributed by atoms with Crippen molar-refractivity contribution in [3.05, 3.63) is 23.8 Å². The zero-order valence-electron chi connectivity index (χ0n) is 11.1. The summed E-state index contributed by atoms with van der Waals surface area (Å²) >= 11 is 0. The molecular weight excluding hydrogens is 242 g/mol. The molecule has 3 rings (SSSR count). The Hall–Kier alpha value is -1.88. The first-order chi connectivity index (χ1) is 9.08. The molecule has 2 heterocycles. The van der Waals surface area contributed by atoms with Crippen LogP contribution in [0.3, 0.4) is 0 Å². The van der Waals surface area contributed by atoms with Crippen molar-refractivity contribution >= 4 is 23.2 Å². The topological polar surface area (TPSA) is 61.4 Å². The number of anilines is 2. The molecule has 0 saturated carbocycles. The molecule has 0 aromatic heterocycles. The average Bonchev–Trinajstić information content (AvgIpc) is 2.38. The van der Waals surface area contributed by atoms with Crippen LogP contribution < -0.4 is 15.5 Å². The van der Waals surface area contributed by atoms with Crippen molar-refractivity contribution in [3.8, 4) is 0 Å². The molecule has 2 N–H and O–H groups in total. The molecule has 2 amide bonds. The molecule has 19 heavy (non-hydrogen) atoms. The zero-order chi connectivity index (χ0) is 13.6. The van der Waals surface area contributed by atoms with E-state index in [-0.39, 0.29) is 18.4 Å². The van der Waals surface area contributed by atoms with Crippen molar-refractivity contribution in [2.45, 2.75) is 25.8 Å². The van der Waals surface area contributed by atoms with Gasteiger partial charge in [0.1, 0.15) is 6.04 Å². The maximum absolute atomic E-state index is 12.1. The van der Waals surface area contributed by atoms with Gasteiger partial charge in [-0.25, -0.2) is 0 Å². The normalized spacial score (nSPS) is 22.1. The van der Waals surface area contributed by atoms with Gasteiger partial charge in [-0.1, -0.05) is 19.9 Å². The molecule has 0 radical (unpaired) electrons. The second-order valence-electron chi connectivity index (χ2n) is 5.33. The third kappa shape index (κ3) is 1.90. The second kappa shape index (κ2) is 4.35. The largest absolute Gasteiger partial charge is 0.322 e. The van der Waals surface area contributed by atoms with E-state index in [2.05, 4.69) is 24.5 Å². The Morgan fingerprint density at radius 3 is 2.84 bits per heavy atom. The predicted molar refractivity (Wildman–Crippen MR) is 73.3 cm³/mol. The summed E-state index contributed by atoms with van der Waals surface area (Å²) in [6.45, 7) is 5.01. The lowest BCUT2D eigenvalue weighted by atomic mass is 9.98. The van der Waals surface area contributed by atoms with Gasteiger partial charge >= 0.3 is 0 Å². The fourth-order valence-corrected chi connectivity index (χ4v) is 2.61. The van der Waals surface area contributed by atoms with E-state index in [9.17, 15) is 9.59 Å². The van der Waals surface area contributed by atoms with E-state index in [4.69, 9.17) is 0 Å². The Morgan fingerprint density at radius 1 is 1.32 bits per heavy atom. The predicted octanol–water partition coefficient (Wildman–Crippen LogP) is 1.07. The number of carbonyl (C=O) groups is 2. The van der Waals surface area contributed by atoms with Gasteiger partial charge in [0.15, 0.2) is 0 Å².